The maximum atomic E-state index is 5.81. The highest BCUT2D eigenvalue weighted by Crippen LogP contribution is 2.27. The van der Waals surface area contributed by atoms with E-state index in [1.807, 2.05) is 54.6 Å². The van der Waals surface area contributed by atoms with Crippen molar-refractivity contribution in [3.63, 3.8) is 0 Å². The van der Waals surface area contributed by atoms with E-state index in [0.29, 0.717) is 13.2 Å². The summed E-state index contributed by atoms with van der Waals surface area (Å²) in [6.07, 6.45) is 6.80. The monoisotopic (exact) mass is 266 g/mol. The summed E-state index contributed by atoms with van der Waals surface area (Å²) in [6.45, 7) is 1.14. The summed E-state index contributed by atoms with van der Waals surface area (Å²) in [6, 6.07) is 17.8. The molecule has 102 valence electrons. The maximum absolute atomic E-state index is 5.81. The largest absolute Gasteiger partial charge is 0.490 e. The molecule has 2 aromatic carbocycles. The normalized spacial score (nSPS) is 9.75. The van der Waals surface area contributed by atoms with E-state index in [9.17, 15) is 0 Å². The second kappa shape index (κ2) is 7.91. The molecule has 0 spiro atoms. The highest BCUT2D eigenvalue weighted by molar-refractivity contribution is 5.39. The molecule has 20 heavy (non-hydrogen) atoms. The predicted molar refractivity (Wildman–Crippen MR) is 80.8 cm³/mol. The van der Waals surface area contributed by atoms with Crippen LogP contribution >= 0.6 is 0 Å². The Labute approximate surface area is 120 Å². The van der Waals surface area contributed by atoms with Gasteiger partial charge >= 0.3 is 0 Å². The maximum Gasteiger partial charge on any atom is 0.161 e. The lowest BCUT2D eigenvalue weighted by Crippen LogP contribution is -2.01. The van der Waals surface area contributed by atoms with E-state index in [4.69, 9.17) is 15.9 Å². The number of terminal acetylenes is 1. The minimum Gasteiger partial charge on any atom is -0.490 e. The molecule has 0 N–H and O–H groups in total. The third-order valence-electron chi connectivity index (χ3n) is 2.81. The summed E-state index contributed by atoms with van der Waals surface area (Å²) in [5.41, 5.74) is 1.13. The smallest absolute Gasteiger partial charge is 0.161 e. The molecule has 0 aliphatic carbocycles. The number of rotatable bonds is 7. The van der Waals surface area contributed by atoms with Crippen LogP contribution in [0.3, 0.4) is 0 Å². The van der Waals surface area contributed by atoms with Gasteiger partial charge in [0.1, 0.15) is 6.61 Å². The Balaban J connectivity index is 1.92. The number of hydrogen-bond donors (Lipinski definition) is 0. The SMILES string of the molecule is C#CCCCOc1ccccc1OCc1ccccc1. The van der Waals surface area contributed by atoms with Crippen molar-refractivity contribution in [3.05, 3.63) is 60.2 Å². The molecule has 2 rings (SSSR count). The zero-order chi connectivity index (χ0) is 14.0. The van der Waals surface area contributed by atoms with Gasteiger partial charge in [-0.15, -0.1) is 12.3 Å². The van der Waals surface area contributed by atoms with Crippen LogP contribution in [0, 0.1) is 12.3 Å². The van der Waals surface area contributed by atoms with Gasteiger partial charge in [-0.25, -0.2) is 0 Å². The van der Waals surface area contributed by atoms with Crippen molar-refractivity contribution < 1.29 is 9.47 Å². The van der Waals surface area contributed by atoms with Crippen LogP contribution in [-0.2, 0) is 6.61 Å². The average Bonchev–Trinajstić information content (AvgIpc) is 2.51. The Hall–Kier alpha value is -2.40. The molecule has 0 aromatic heterocycles. The fourth-order valence-electron chi connectivity index (χ4n) is 1.78. The van der Waals surface area contributed by atoms with Gasteiger partial charge in [-0.05, 0) is 24.1 Å². The second-order valence-electron chi connectivity index (χ2n) is 4.38. The van der Waals surface area contributed by atoms with Crippen molar-refractivity contribution in [2.45, 2.75) is 19.4 Å². The molecule has 0 radical (unpaired) electrons. The Bertz CT molecular complexity index is 555. The summed E-state index contributed by atoms with van der Waals surface area (Å²) < 4.78 is 11.5. The molecular formula is C18H18O2. The van der Waals surface area contributed by atoms with E-state index in [0.717, 1.165) is 29.9 Å². The lowest BCUT2D eigenvalue weighted by molar-refractivity contribution is 0.260. The first kappa shape index (κ1) is 14.0. The van der Waals surface area contributed by atoms with Crippen LogP contribution in [0.25, 0.3) is 0 Å². The van der Waals surface area contributed by atoms with Crippen LogP contribution in [0.5, 0.6) is 11.5 Å². The molecule has 0 amide bonds. The fourth-order valence-corrected chi connectivity index (χ4v) is 1.78. The van der Waals surface area contributed by atoms with Crippen LogP contribution in [-0.4, -0.2) is 6.61 Å². The molecule has 2 nitrogen and oxygen atoms in total. The summed E-state index contributed by atoms with van der Waals surface area (Å²) in [4.78, 5) is 0. The summed E-state index contributed by atoms with van der Waals surface area (Å²) in [5.74, 6) is 4.13. The predicted octanol–water partition coefficient (Wildman–Crippen LogP) is 4.06. The molecule has 2 heteroatoms. The van der Waals surface area contributed by atoms with Crippen molar-refractivity contribution >= 4 is 0 Å². The first-order valence-electron chi connectivity index (χ1n) is 6.72. The van der Waals surface area contributed by atoms with Crippen molar-refractivity contribution in [1.82, 2.24) is 0 Å². The molecule has 0 saturated carbocycles. The van der Waals surface area contributed by atoms with Crippen molar-refractivity contribution in [2.24, 2.45) is 0 Å². The summed E-state index contributed by atoms with van der Waals surface area (Å²) >= 11 is 0. The zero-order valence-electron chi connectivity index (χ0n) is 11.4. The zero-order valence-corrected chi connectivity index (χ0v) is 11.4. The van der Waals surface area contributed by atoms with E-state index in [2.05, 4.69) is 5.92 Å². The third kappa shape index (κ3) is 4.37. The second-order valence-corrected chi connectivity index (χ2v) is 4.38. The molecule has 0 atom stereocenters. The van der Waals surface area contributed by atoms with Gasteiger partial charge in [0.05, 0.1) is 6.61 Å². The number of benzene rings is 2. The number of hydrogen-bond acceptors (Lipinski definition) is 2. The van der Waals surface area contributed by atoms with E-state index >= 15 is 0 Å². The highest BCUT2D eigenvalue weighted by Gasteiger charge is 2.04. The van der Waals surface area contributed by atoms with Gasteiger partial charge in [-0.3, -0.25) is 0 Å². The van der Waals surface area contributed by atoms with Gasteiger partial charge < -0.3 is 9.47 Å². The van der Waals surface area contributed by atoms with Gasteiger partial charge in [0.25, 0.3) is 0 Å². The van der Waals surface area contributed by atoms with E-state index in [-0.39, 0.29) is 0 Å². The van der Waals surface area contributed by atoms with Gasteiger partial charge in [0.2, 0.25) is 0 Å². The van der Waals surface area contributed by atoms with E-state index < -0.39 is 0 Å². The quantitative estimate of drug-likeness (QED) is 0.556. The first-order valence-corrected chi connectivity index (χ1v) is 6.72. The lowest BCUT2D eigenvalue weighted by Gasteiger charge is -2.12. The molecule has 0 unspecified atom stereocenters. The molecule has 2 aromatic rings. The van der Waals surface area contributed by atoms with Gasteiger partial charge in [-0.1, -0.05) is 42.5 Å². The van der Waals surface area contributed by atoms with Gasteiger partial charge in [-0.2, -0.15) is 0 Å². The molecule has 0 fully saturated rings. The molecule has 0 aliphatic heterocycles. The molecular weight excluding hydrogens is 248 g/mol. The molecule has 0 saturated heterocycles. The van der Waals surface area contributed by atoms with E-state index in [1.165, 1.54) is 0 Å². The van der Waals surface area contributed by atoms with Crippen molar-refractivity contribution in [2.75, 3.05) is 6.61 Å². The third-order valence-corrected chi connectivity index (χ3v) is 2.81. The van der Waals surface area contributed by atoms with Crippen LogP contribution in [0.15, 0.2) is 54.6 Å². The van der Waals surface area contributed by atoms with Crippen LogP contribution in [0.2, 0.25) is 0 Å². The summed E-state index contributed by atoms with van der Waals surface area (Å²) in [7, 11) is 0. The van der Waals surface area contributed by atoms with Gasteiger partial charge in [0, 0.05) is 6.42 Å². The topological polar surface area (TPSA) is 18.5 Å². The molecule has 0 heterocycles. The summed E-state index contributed by atoms with van der Waals surface area (Å²) in [5, 5.41) is 0. The lowest BCUT2D eigenvalue weighted by atomic mass is 10.2. The Morgan fingerprint density at radius 1 is 0.850 bits per heavy atom. The van der Waals surface area contributed by atoms with Crippen LogP contribution in [0.4, 0.5) is 0 Å². The number of ether oxygens (including phenoxy) is 2. The van der Waals surface area contributed by atoms with Crippen molar-refractivity contribution in [3.8, 4) is 23.8 Å². The standard InChI is InChI=1S/C18H18O2/c1-2-3-9-14-19-17-12-7-8-13-18(17)20-15-16-10-5-4-6-11-16/h1,4-8,10-13H,3,9,14-15H2. The fraction of sp³-hybridized carbons (Fsp3) is 0.222. The first-order chi connectivity index (χ1) is 9.90. The Morgan fingerprint density at radius 2 is 1.50 bits per heavy atom. The molecule has 0 aliphatic rings. The van der Waals surface area contributed by atoms with E-state index in [1.54, 1.807) is 0 Å². The Kier molecular flexibility index (Phi) is 5.54. The highest BCUT2D eigenvalue weighted by atomic mass is 16.5. The van der Waals surface area contributed by atoms with Gasteiger partial charge in [0.15, 0.2) is 11.5 Å². The Morgan fingerprint density at radius 3 is 2.20 bits per heavy atom. The van der Waals surface area contributed by atoms with Crippen LogP contribution < -0.4 is 9.47 Å². The molecule has 0 bridgehead atoms. The van der Waals surface area contributed by atoms with Crippen LogP contribution in [0.1, 0.15) is 18.4 Å². The van der Waals surface area contributed by atoms with Crippen molar-refractivity contribution in [1.29, 1.82) is 0 Å². The minimum absolute atomic E-state index is 0.533. The number of unbranched alkanes of at least 4 members (excludes halogenated alkanes) is 1. The average molecular weight is 266 g/mol. The number of para-hydroxylation sites is 2. The minimum atomic E-state index is 0.533.